The number of hydrogen-bond donors (Lipinski definition) is 0. The van der Waals surface area contributed by atoms with Crippen molar-refractivity contribution in [1.29, 1.82) is 0 Å². The molecule has 0 spiro atoms. The van der Waals surface area contributed by atoms with Crippen LogP contribution in [0.2, 0.25) is 0 Å². The van der Waals surface area contributed by atoms with Gasteiger partial charge in [0.2, 0.25) is 0 Å². The van der Waals surface area contributed by atoms with E-state index in [1.54, 1.807) is 6.08 Å². The van der Waals surface area contributed by atoms with Crippen molar-refractivity contribution in [2.45, 2.75) is 114 Å². The van der Waals surface area contributed by atoms with Crippen molar-refractivity contribution in [3.05, 3.63) is 179 Å². The van der Waals surface area contributed by atoms with Crippen molar-refractivity contribution >= 4 is 39.6 Å². The van der Waals surface area contributed by atoms with Crippen LogP contribution < -0.4 is 0 Å². The molecule has 5 aromatic carbocycles. The second-order valence-corrected chi connectivity index (χ2v) is 15.4. The lowest BCUT2D eigenvalue weighted by Gasteiger charge is -2.21. The SMILES string of the molecule is C=CC(=C)C.CC.CC.CC.CC.CI.Cc1ccc(-c2ccc(-n3c4c(c5ccccc53)-c3oc5c(c3CC4)C=CCC5)cc2)cc1-c1ccc2c(c1)-c1ccccc1C2(C)C. The van der Waals surface area contributed by atoms with Crippen LogP contribution in [0.1, 0.15) is 122 Å². The largest absolute Gasteiger partial charge is 0.460 e. The lowest BCUT2D eigenvalue weighted by atomic mass is 9.82. The lowest BCUT2D eigenvalue weighted by molar-refractivity contribution is 0.517. The Hall–Kier alpha value is -5.13. The topological polar surface area (TPSA) is 18.1 Å². The predicted molar refractivity (Wildman–Crippen MR) is 289 cm³/mol. The van der Waals surface area contributed by atoms with E-state index in [0.29, 0.717) is 0 Å². The number of benzene rings is 5. The van der Waals surface area contributed by atoms with Gasteiger partial charge in [0.25, 0.3) is 0 Å². The third kappa shape index (κ3) is 10.00. The number of allylic oxidation sites excluding steroid dienone is 3. The summed E-state index contributed by atoms with van der Waals surface area (Å²) in [5.41, 5.74) is 20.7. The Labute approximate surface area is 395 Å². The smallest absolute Gasteiger partial charge is 0.140 e. The summed E-state index contributed by atoms with van der Waals surface area (Å²) in [6.07, 6.45) is 10.4. The predicted octanol–water partition coefficient (Wildman–Crippen LogP) is 18.8. The van der Waals surface area contributed by atoms with Crippen LogP contribution in [0.4, 0.5) is 0 Å². The van der Waals surface area contributed by atoms with Crippen LogP contribution in [0.3, 0.4) is 0 Å². The van der Waals surface area contributed by atoms with Crippen LogP contribution in [0, 0.1) is 6.92 Å². The van der Waals surface area contributed by atoms with E-state index >= 15 is 0 Å². The number of aryl methyl sites for hydroxylation is 2. The van der Waals surface area contributed by atoms with E-state index in [-0.39, 0.29) is 5.41 Å². The summed E-state index contributed by atoms with van der Waals surface area (Å²) in [5, 5.41) is 1.27. The zero-order valence-electron chi connectivity index (χ0n) is 40.6. The zero-order valence-corrected chi connectivity index (χ0v) is 42.8. The van der Waals surface area contributed by atoms with E-state index in [0.717, 1.165) is 42.8 Å². The molecule has 0 fully saturated rings. The van der Waals surface area contributed by atoms with Crippen molar-refractivity contribution < 1.29 is 4.42 Å². The Balaban J connectivity index is 0.000000522. The molecule has 2 aromatic heterocycles. The highest BCUT2D eigenvalue weighted by Gasteiger charge is 2.35. The fraction of sp³-hybridized carbons (Fsp3) is 0.300. The Morgan fingerprint density at radius 1 is 0.683 bits per heavy atom. The lowest BCUT2D eigenvalue weighted by Crippen LogP contribution is -2.14. The molecule has 7 aromatic rings. The fourth-order valence-electron chi connectivity index (χ4n) is 8.90. The minimum atomic E-state index is 0.0182. The maximum absolute atomic E-state index is 6.63. The van der Waals surface area contributed by atoms with Crippen molar-refractivity contribution in [1.82, 2.24) is 4.57 Å². The normalized spacial score (nSPS) is 12.5. The molecule has 0 N–H and O–H groups in total. The highest BCUT2D eigenvalue weighted by atomic mass is 127. The summed E-state index contributed by atoms with van der Waals surface area (Å²) in [5.74, 6) is 2.24. The zero-order chi connectivity index (χ0) is 46.4. The highest BCUT2D eigenvalue weighted by molar-refractivity contribution is 14.1. The fourth-order valence-corrected chi connectivity index (χ4v) is 8.90. The van der Waals surface area contributed by atoms with E-state index in [9.17, 15) is 0 Å². The van der Waals surface area contributed by atoms with Gasteiger partial charge in [-0.1, -0.05) is 208 Å². The number of hydrogen-bond acceptors (Lipinski definition) is 1. The van der Waals surface area contributed by atoms with Crippen molar-refractivity contribution in [2.24, 2.45) is 0 Å². The Bertz CT molecular complexity index is 2640. The molecular formula is C60H72INO. The van der Waals surface area contributed by atoms with Crippen molar-refractivity contribution in [3.8, 4) is 50.4 Å². The van der Waals surface area contributed by atoms with E-state index in [1.165, 1.54) is 89.0 Å². The van der Waals surface area contributed by atoms with Gasteiger partial charge < -0.3 is 8.98 Å². The second-order valence-electron chi connectivity index (χ2n) is 15.4. The molecule has 0 atom stereocenters. The van der Waals surface area contributed by atoms with E-state index in [1.807, 2.05) is 67.2 Å². The summed E-state index contributed by atoms with van der Waals surface area (Å²) in [6, 6.07) is 40.9. The monoisotopic (exact) mass is 949 g/mol. The van der Waals surface area contributed by atoms with Crippen LogP contribution in [0.25, 0.3) is 67.4 Å². The van der Waals surface area contributed by atoms with Gasteiger partial charge in [0.05, 0.1) is 5.52 Å². The molecule has 63 heavy (non-hydrogen) atoms. The molecule has 0 unspecified atom stereocenters. The average Bonchev–Trinajstić information content (AvgIpc) is 3.98. The molecule has 0 amide bonds. The summed E-state index contributed by atoms with van der Waals surface area (Å²) in [7, 11) is 0. The number of alkyl halides is 1. The molecule has 3 aliphatic carbocycles. The minimum absolute atomic E-state index is 0.0182. The molecule has 0 saturated carbocycles. The molecule has 3 heteroatoms. The van der Waals surface area contributed by atoms with E-state index in [2.05, 4.69) is 182 Å². The molecule has 330 valence electrons. The number of para-hydroxylation sites is 1. The van der Waals surface area contributed by atoms with Gasteiger partial charge in [-0.3, -0.25) is 0 Å². The first-order chi connectivity index (χ1) is 30.7. The first-order valence-electron chi connectivity index (χ1n) is 23.3. The van der Waals surface area contributed by atoms with Crippen LogP contribution in [0.15, 0.2) is 144 Å². The Morgan fingerprint density at radius 3 is 1.95 bits per heavy atom. The van der Waals surface area contributed by atoms with Crippen LogP contribution in [-0.2, 0) is 24.7 Å². The molecule has 0 bridgehead atoms. The maximum atomic E-state index is 6.63. The summed E-state index contributed by atoms with van der Waals surface area (Å²) in [4.78, 5) is 1.97. The number of furan rings is 1. The summed E-state index contributed by atoms with van der Waals surface area (Å²) < 4.78 is 9.11. The summed E-state index contributed by atoms with van der Waals surface area (Å²) >= 11 is 2.15. The Kier molecular flexibility index (Phi) is 18.9. The van der Waals surface area contributed by atoms with Gasteiger partial charge >= 0.3 is 0 Å². The van der Waals surface area contributed by atoms with Gasteiger partial charge in [0.1, 0.15) is 11.5 Å². The molecule has 0 radical (unpaired) electrons. The molecule has 0 saturated heterocycles. The number of rotatable bonds is 4. The van der Waals surface area contributed by atoms with Gasteiger partial charge in [-0.25, -0.2) is 0 Å². The van der Waals surface area contributed by atoms with Gasteiger partial charge in [0, 0.05) is 45.3 Å². The van der Waals surface area contributed by atoms with Crippen LogP contribution >= 0.6 is 22.6 Å². The van der Waals surface area contributed by atoms with E-state index < -0.39 is 0 Å². The summed E-state index contributed by atoms with van der Waals surface area (Å²) in [6.45, 7) is 31.8. The standard InChI is InChI=1S/C46H37NO.C5H8.4C2H6.CH3I/c1-28-16-17-30(26-37(28)31-20-24-40-38(27-31)33-10-4-7-13-39(33)46(40,2)3)29-18-21-32(22-19-29)47-41-14-8-5-12-36(41)44-42(47)25-23-35-34-11-6-9-15-43(34)48-45(35)44;1-4-5(2)3;5*1-2/h4-8,10-14,16-22,24,26-27H,9,15,23,25H2,1-3H3;4H,1-2H2,3H3;4*1-2H3;1H3. The van der Waals surface area contributed by atoms with Crippen molar-refractivity contribution in [3.63, 3.8) is 0 Å². The highest BCUT2D eigenvalue weighted by Crippen LogP contribution is 2.50. The van der Waals surface area contributed by atoms with Gasteiger partial charge in [-0.2, -0.15) is 0 Å². The molecule has 0 aliphatic heterocycles. The maximum Gasteiger partial charge on any atom is 0.140 e. The quantitative estimate of drug-likeness (QED) is 0.0977. The number of aromatic nitrogens is 1. The van der Waals surface area contributed by atoms with E-state index in [4.69, 9.17) is 4.42 Å². The number of fused-ring (bicyclic) bond motifs is 10. The molecule has 3 aliphatic rings. The molecule has 2 nitrogen and oxygen atoms in total. The Morgan fingerprint density at radius 2 is 1.27 bits per heavy atom. The number of nitrogens with zero attached hydrogens (tertiary/aromatic N) is 1. The number of halogens is 1. The minimum Gasteiger partial charge on any atom is -0.460 e. The third-order valence-electron chi connectivity index (χ3n) is 11.7. The van der Waals surface area contributed by atoms with Gasteiger partial charge in [-0.15, -0.1) is 0 Å². The third-order valence-corrected chi connectivity index (χ3v) is 11.7. The first-order valence-corrected chi connectivity index (χ1v) is 25.5. The van der Waals surface area contributed by atoms with Crippen LogP contribution in [-0.4, -0.2) is 9.50 Å². The van der Waals surface area contributed by atoms with Crippen LogP contribution in [0.5, 0.6) is 0 Å². The second kappa shape index (κ2) is 23.5. The van der Waals surface area contributed by atoms with Crippen molar-refractivity contribution in [2.75, 3.05) is 4.93 Å². The average molecular weight is 950 g/mol. The van der Waals surface area contributed by atoms with Gasteiger partial charge in [-0.05, 0) is 118 Å². The molecule has 10 rings (SSSR count). The first kappa shape index (κ1) is 50.5. The molecular weight excluding hydrogens is 878 g/mol. The van der Waals surface area contributed by atoms with Gasteiger partial charge in [0.15, 0.2) is 0 Å². The molecule has 2 heterocycles.